The van der Waals surface area contributed by atoms with Crippen LogP contribution in [0, 0.1) is 10.1 Å². The summed E-state index contributed by atoms with van der Waals surface area (Å²) in [5, 5.41) is 17.2. The fourth-order valence-corrected chi connectivity index (χ4v) is 3.75. The normalized spacial score (nSPS) is 11.5. The summed E-state index contributed by atoms with van der Waals surface area (Å²) in [5.41, 5.74) is -2.27. The van der Waals surface area contributed by atoms with E-state index in [1.165, 1.54) is 12.1 Å². The molecule has 34 heavy (non-hydrogen) atoms. The molecule has 3 aromatic rings. The SMILES string of the molecule is CN(C)Cc1ccc(CNc2nc(NCc3ccccc3SC(F)(F)F)ncc2[N+](=O)[O-])cc1. The van der Waals surface area contributed by atoms with Gasteiger partial charge in [0.15, 0.2) is 0 Å². The summed E-state index contributed by atoms with van der Waals surface area (Å²) >= 11 is -0.203. The van der Waals surface area contributed by atoms with E-state index in [2.05, 4.69) is 20.6 Å². The molecular weight excluding hydrogens is 469 g/mol. The standard InChI is InChI=1S/C22H23F3N6O2S/c1-30(2)14-16-9-7-15(8-10-16)11-26-20-18(31(32)33)13-28-21(29-20)27-12-17-5-3-4-6-19(17)34-22(23,24)25/h3-10,13H,11-12,14H2,1-2H3,(H2,26,27,28,29). The molecule has 2 aromatic carbocycles. The maximum absolute atomic E-state index is 12.8. The van der Waals surface area contributed by atoms with E-state index in [0.717, 1.165) is 23.9 Å². The predicted molar refractivity (Wildman–Crippen MR) is 126 cm³/mol. The van der Waals surface area contributed by atoms with Crippen LogP contribution in [0.3, 0.4) is 0 Å². The van der Waals surface area contributed by atoms with E-state index in [1.807, 2.05) is 43.3 Å². The number of aromatic nitrogens is 2. The molecular formula is C22H23F3N6O2S. The van der Waals surface area contributed by atoms with Crippen molar-refractivity contribution in [2.75, 3.05) is 24.7 Å². The lowest BCUT2D eigenvalue weighted by Crippen LogP contribution is -2.11. The van der Waals surface area contributed by atoms with E-state index in [9.17, 15) is 23.3 Å². The van der Waals surface area contributed by atoms with Gasteiger partial charge in [0.25, 0.3) is 0 Å². The van der Waals surface area contributed by atoms with Crippen molar-refractivity contribution >= 4 is 29.2 Å². The van der Waals surface area contributed by atoms with Crippen molar-refractivity contribution in [1.29, 1.82) is 0 Å². The number of anilines is 2. The third-order valence-corrected chi connectivity index (χ3v) is 5.43. The number of nitrogens with zero attached hydrogens (tertiary/aromatic N) is 4. The van der Waals surface area contributed by atoms with Crippen molar-refractivity contribution < 1.29 is 18.1 Å². The summed E-state index contributed by atoms with van der Waals surface area (Å²) < 4.78 is 38.4. The van der Waals surface area contributed by atoms with Gasteiger partial charge in [0.05, 0.1) is 4.92 Å². The average molecular weight is 493 g/mol. The molecule has 0 aliphatic heterocycles. The smallest absolute Gasteiger partial charge is 0.360 e. The van der Waals surface area contributed by atoms with Crippen LogP contribution in [-0.2, 0) is 19.6 Å². The third-order valence-electron chi connectivity index (χ3n) is 4.58. The van der Waals surface area contributed by atoms with Gasteiger partial charge in [0.2, 0.25) is 11.8 Å². The van der Waals surface area contributed by atoms with Gasteiger partial charge in [-0.2, -0.15) is 18.2 Å². The molecule has 0 aliphatic rings. The van der Waals surface area contributed by atoms with Crippen molar-refractivity contribution in [1.82, 2.24) is 14.9 Å². The van der Waals surface area contributed by atoms with Crippen molar-refractivity contribution in [3.05, 3.63) is 81.5 Å². The highest BCUT2D eigenvalue weighted by Gasteiger charge is 2.30. The molecule has 12 heteroatoms. The molecule has 8 nitrogen and oxygen atoms in total. The maximum atomic E-state index is 12.8. The van der Waals surface area contributed by atoms with Crippen LogP contribution in [0.4, 0.5) is 30.6 Å². The van der Waals surface area contributed by atoms with Gasteiger partial charge in [-0.3, -0.25) is 10.1 Å². The van der Waals surface area contributed by atoms with Gasteiger partial charge in [0, 0.05) is 24.5 Å². The molecule has 0 atom stereocenters. The Hall–Kier alpha value is -3.38. The van der Waals surface area contributed by atoms with Crippen LogP contribution in [0.5, 0.6) is 0 Å². The van der Waals surface area contributed by atoms with Crippen LogP contribution in [0.25, 0.3) is 0 Å². The Labute approximate surface area is 198 Å². The second-order valence-corrected chi connectivity index (χ2v) is 8.71. The third kappa shape index (κ3) is 7.59. The largest absolute Gasteiger partial charge is 0.446 e. The minimum absolute atomic E-state index is 0.0119. The molecule has 0 radical (unpaired) electrons. The first-order valence-electron chi connectivity index (χ1n) is 10.2. The van der Waals surface area contributed by atoms with Gasteiger partial charge in [-0.15, -0.1) is 0 Å². The Morgan fingerprint density at radius 3 is 2.35 bits per heavy atom. The van der Waals surface area contributed by atoms with Crippen LogP contribution in [0.2, 0.25) is 0 Å². The van der Waals surface area contributed by atoms with Gasteiger partial charge in [-0.25, -0.2) is 4.98 Å². The topological polar surface area (TPSA) is 96.2 Å². The van der Waals surface area contributed by atoms with Crippen LogP contribution in [0.15, 0.2) is 59.6 Å². The molecule has 0 amide bonds. The van der Waals surface area contributed by atoms with Crippen LogP contribution in [-0.4, -0.2) is 39.4 Å². The number of benzene rings is 2. The highest BCUT2D eigenvalue weighted by Crippen LogP contribution is 2.38. The second kappa shape index (κ2) is 11.2. The lowest BCUT2D eigenvalue weighted by molar-refractivity contribution is -0.384. The first-order chi connectivity index (χ1) is 16.1. The summed E-state index contributed by atoms with van der Waals surface area (Å²) in [6, 6.07) is 13.9. The number of hydrogen-bond donors (Lipinski definition) is 2. The van der Waals surface area contributed by atoms with Crippen LogP contribution < -0.4 is 10.6 Å². The van der Waals surface area contributed by atoms with Crippen molar-refractivity contribution in [3.63, 3.8) is 0 Å². The molecule has 0 spiro atoms. The number of nitro groups is 1. The Morgan fingerprint density at radius 1 is 1.03 bits per heavy atom. The molecule has 0 saturated carbocycles. The minimum atomic E-state index is -4.41. The molecule has 0 fully saturated rings. The van der Waals surface area contributed by atoms with E-state index >= 15 is 0 Å². The highest BCUT2D eigenvalue weighted by molar-refractivity contribution is 8.00. The molecule has 2 N–H and O–H groups in total. The number of nitrogens with one attached hydrogen (secondary N) is 2. The van der Waals surface area contributed by atoms with E-state index in [4.69, 9.17) is 0 Å². The molecule has 0 saturated heterocycles. The van der Waals surface area contributed by atoms with Gasteiger partial charge in [-0.05, 0) is 48.6 Å². The Kier molecular flexibility index (Phi) is 8.29. The Balaban J connectivity index is 1.71. The zero-order valence-corrected chi connectivity index (χ0v) is 19.3. The average Bonchev–Trinajstić information content (AvgIpc) is 2.76. The van der Waals surface area contributed by atoms with Gasteiger partial charge < -0.3 is 15.5 Å². The van der Waals surface area contributed by atoms with Crippen LogP contribution in [0.1, 0.15) is 16.7 Å². The summed E-state index contributed by atoms with van der Waals surface area (Å²) in [7, 11) is 3.95. The fraction of sp³-hybridized carbons (Fsp3) is 0.273. The van der Waals surface area contributed by atoms with E-state index in [0.29, 0.717) is 12.1 Å². The van der Waals surface area contributed by atoms with Crippen molar-refractivity contribution in [3.8, 4) is 0 Å². The lowest BCUT2D eigenvalue weighted by atomic mass is 10.1. The number of rotatable bonds is 10. The summed E-state index contributed by atoms with van der Waals surface area (Å²) in [5.74, 6) is 0.0686. The highest BCUT2D eigenvalue weighted by atomic mass is 32.2. The minimum Gasteiger partial charge on any atom is -0.360 e. The van der Waals surface area contributed by atoms with Crippen molar-refractivity contribution in [2.24, 2.45) is 0 Å². The first kappa shape index (κ1) is 25.2. The molecule has 0 unspecified atom stereocenters. The molecule has 1 aromatic heterocycles. The first-order valence-corrected chi connectivity index (χ1v) is 11.0. The monoisotopic (exact) mass is 492 g/mol. The number of hydrogen-bond acceptors (Lipinski definition) is 8. The summed E-state index contributed by atoms with van der Waals surface area (Å²) in [6.07, 6.45) is 1.06. The van der Waals surface area contributed by atoms with Crippen LogP contribution >= 0.6 is 11.8 Å². The molecule has 3 rings (SSSR count). The van der Waals surface area contributed by atoms with Gasteiger partial charge >= 0.3 is 11.2 Å². The molecule has 0 aliphatic carbocycles. The lowest BCUT2D eigenvalue weighted by Gasteiger charge is -2.13. The quantitative estimate of drug-likeness (QED) is 0.224. The number of thioether (sulfide) groups is 1. The zero-order chi connectivity index (χ0) is 24.7. The summed E-state index contributed by atoms with van der Waals surface area (Å²) in [6.45, 7) is 1.11. The van der Waals surface area contributed by atoms with E-state index in [-0.39, 0.29) is 40.7 Å². The number of alkyl halides is 3. The zero-order valence-electron chi connectivity index (χ0n) is 18.5. The summed E-state index contributed by atoms with van der Waals surface area (Å²) in [4.78, 5) is 21.0. The molecule has 180 valence electrons. The predicted octanol–water partition coefficient (Wildman–Crippen LogP) is 5.28. The number of halogens is 3. The molecule has 0 bridgehead atoms. The van der Waals surface area contributed by atoms with Gasteiger partial charge in [0.1, 0.15) is 6.20 Å². The Morgan fingerprint density at radius 2 is 1.71 bits per heavy atom. The van der Waals surface area contributed by atoms with E-state index < -0.39 is 10.4 Å². The Bertz CT molecular complexity index is 1130. The maximum Gasteiger partial charge on any atom is 0.446 e. The fourth-order valence-electron chi connectivity index (χ4n) is 3.09. The second-order valence-electron chi connectivity index (χ2n) is 7.60. The van der Waals surface area contributed by atoms with Crippen molar-refractivity contribution in [2.45, 2.75) is 30.0 Å². The van der Waals surface area contributed by atoms with Gasteiger partial charge in [-0.1, -0.05) is 42.5 Å². The molecule has 1 heterocycles. The van der Waals surface area contributed by atoms with E-state index in [1.54, 1.807) is 12.1 Å².